The average molecular weight is 508 g/mol. The SMILES string of the molecule is Cc1nc(CN(Cc2ccc(OCC(F)(F)C(F)(F)F)cc2F)C(=O)NC2CCN(C)CC2)co1. The molecule has 35 heavy (non-hydrogen) atoms. The zero-order chi connectivity index (χ0) is 25.8. The summed E-state index contributed by atoms with van der Waals surface area (Å²) < 4.78 is 87.4. The standard InChI is InChI=1S/C22H26F6N4O3/c1-14-29-17(12-34-14)11-32(20(33)30-16-5-7-31(2)8-6-16)10-15-3-4-18(9-19(15)23)35-13-21(24,25)22(26,27)28/h3-4,9,12,16H,5-8,10-11,13H2,1-2H3,(H,30,33). The first-order valence-corrected chi connectivity index (χ1v) is 10.8. The normalized spacial score (nSPS) is 15.8. The van der Waals surface area contributed by atoms with Crippen LogP contribution in [0.3, 0.4) is 0 Å². The molecule has 0 spiro atoms. The van der Waals surface area contributed by atoms with Gasteiger partial charge in [-0.05, 0) is 39.0 Å². The number of nitrogens with zero attached hydrogens (tertiary/aromatic N) is 3. The molecule has 0 radical (unpaired) electrons. The number of aryl methyl sites for hydroxylation is 1. The van der Waals surface area contributed by atoms with Gasteiger partial charge >= 0.3 is 18.1 Å². The Kier molecular flexibility index (Phi) is 8.18. The number of likely N-dealkylation sites (tertiary alicyclic amines) is 1. The minimum absolute atomic E-state index is 0.00525. The molecule has 0 bridgehead atoms. The zero-order valence-electron chi connectivity index (χ0n) is 19.2. The molecule has 0 aliphatic carbocycles. The third kappa shape index (κ3) is 7.26. The number of urea groups is 1. The van der Waals surface area contributed by atoms with Crippen molar-refractivity contribution in [1.29, 1.82) is 0 Å². The highest BCUT2D eigenvalue weighted by Gasteiger charge is 2.58. The number of benzene rings is 1. The first-order chi connectivity index (χ1) is 16.3. The van der Waals surface area contributed by atoms with Crippen molar-refractivity contribution in [2.75, 3.05) is 26.7 Å². The molecule has 2 amide bonds. The molecule has 194 valence electrons. The fourth-order valence-electron chi connectivity index (χ4n) is 3.50. The van der Waals surface area contributed by atoms with Crippen LogP contribution >= 0.6 is 0 Å². The number of alkyl halides is 5. The molecular formula is C22H26F6N4O3. The number of aromatic nitrogens is 1. The summed E-state index contributed by atoms with van der Waals surface area (Å²) in [5.74, 6) is -6.12. The second kappa shape index (κ2) is 10.8. The van der Waals surface area contributed by atoms with E-state index in [-0.39, 0.29) is 24.7 Å². The Bertz CT molecular complexity index is 1010. The Morgan fingerprint density at radius 2 is 1.91 bits per heavy atom. The third-order valence-corrected chi connectivity index (χ3v) is 5.57. The number of amides is 2. The van der Waals surface area contributed by atoms with E-state index in [1.54, 1.807) is 6.92 Å². The molecule has 0 saturated carbocycles. The van der Waals surface area contributed by atoms with Gasteiger partial charge in [-0.1, -0.05) is 6.07 Å². The predicted octanol–water partition coefficient (Wildman–Crippen LogP) is 4.50. The van der Waals surface area contributed by atoms with Crippen LogP contribution in [0.2, 0.25) is 0 Å². The van der Waals surface area contributed by atoms with Gasteiger partial charge in [-0.15, -0.1) is 0 Å². The maximum absolute atomic E-state index is 14.7. The number of carbonyl (C=O) groups excluding carboxylic acids is 1. The summed E-state index contributed by atoms with van der Waals surface area (Å²) in [7, 11) is 1.98. The Morgan fingerprint density at radius 1 is 1.23 bits per heavy atom. The Balaban J connectivity index is 1.70. The smallest absolute Gasteiger partial charge is 0.456 e. The highest BCUT2D eigenvalue weighted by atomic mass is 19.4. The molecule has 2 aromatic rings. The molecule has 7 nitrogen and oxygen atoms in total. The quantitative estimate of drug-likeness (QED) is 0.532. The van der Waals surface area contributed by atoms with Gasteiger partial charge in [-0.2, -0.15) is 22.0 Å². The molecule has 3 rings (SSSR count). The summed E-state index contributed by atoms with van der Waals surface area (Å²) in [4.78, 5) is 20.6. The van der Waals surface area contributed by atoms with E-state index in [4.69, 9.17) is 4.42 Å². The molecule has 13 heteroatoms. The van der Waals surface area contributed by atoms with Crippen LogP contribution in [-0.2, 0) is 13.1 Å². The summed E-state index contributed by atoms with van der Waals surface area (Å²) >= 11 is 0. The first-order valence-electron chi connectivity index (χ1n) is 10.8. The van der Waals surface area contributed by atoms with Crippen LogP contribution < -0.4 is 10.1 Å². The van der Waals surface area contributed by atoms with Crippen molar-refractivity contribution in [3.63, 3.8) is 0 Å². The molecule has 1 N–H and O–H groups in total. The monoisotopic (exact) mass is 508 g/mol. The van der Waals surface area contributed by atoms with Gasteiger partial charge in [0.2, 0.25) is 0 Å². The van der Waals surface area contributed by atoms with Crippen LogP contribution in [0.4, 0.5) is 31.1 Å². The molecule has 0 unspecified atom stereocenters. The summed E-state index contributed by atoms with van der Waals surface area (Å²) in [6, 6.07) is 2.43. The number of oxazole rings is 1. The van der Waals surface area contributed by atoms with E-state index in [2.05, 4.69) is 19.9 Å². The van der Waals surface area contributed by atoms with Gasteiger partial charge < -0.3 is 24.3 Å². The number of ether oxygens (including phenoxy) is 1. The molecular weight excluding hydrogens is 482 g/mol. The fourth-order valence-corrected chi connectivity index (χ4v) is 3.50. The van der Waals surface area contributed by atoms with E-state index in [9.17, 15) is 31.1 Å². The lowest BCUT2D eigenvalue weighted by Crippen LogP contribution is -2.48. The van der Waals surface area contributed by atoms with Gasteiger partial charge in [0.15, 0.2) is 12.5 Å². The lowest BCUT2D eigenvalue weighted by Gasteiger charge is -2.31. The molecule has 1 aromatic heterocycles. The van der Waals surface area contributed by atoms with Gasteiger partial charge in [0.05, 0.1) is 18.8 Å². The third-order valence-electron chi connectivity index (χ3n) is 5.57. The van der Waals surface area contributed by atoms with Gasteiger partial charge in [0.1, 0.15) is 17.8 Å². The summed E-state index contributed by atoms with van der Waals surface area (Å²) in [5, 5.41) is 2.93. The zero-order valence-corrected chi connectivity index (χ0v) is 19.2. The summed E-state index contributed by atoms with van der Waals surface area (Å²) in [6.07, 6.45) is -2.91. The van der Waals surface area contributed by atoms with Crippen molar-refractivity contribution in [2.24, 2.45) is 0 Å². The Hall–Kier alpha value is -2.96. The largest absolute Gasteiger partial charge is 0.487 e. The van der Waals surface area contributed by atoms with E-state index < -0.39 is 36.3 Å². The molecule has 1 saturated heterocycles. The van der Waals surface area contributed by atoms with Gasteiger partial charge in [0, 0.05) is 24.6 Å². The fraction of sp³-hybridized carbons (Fsp3) is 0.545. The number of nitrogens with one attached hydrogen (secondary N) is 1. The van der Waals surface area contributed by atoms with Crippen LogP contribution in [0.1, 0.15) is 30.0 Å². The lowest BCUT2D eigenvalue weighted by molar-refractivity contribution is -0.290. The van der Waals surface area contributed by atoms with Crippen molar-refractivity contribution in [1.82, 2.24) is 20.1 Å². The van der Waals surface area contributed by atoms with E-state index in [0.29, 0.717) is 17.7 Å². The minimum Gasteiger partial charge on any atom is -0.487 e. The molecule has 0 atom stereocenters. The number of halogens is 6. The molecule has 1 aliphatic rings. The van der Waals surface area contributed by atoms with Crippen LogP contribution in [0.15, 0.2) is 28.9 Å². The summed E-state index contributed by atoms with van der Waals surface area (Å²) in [6.45, 7) is 1.08. The minimum atomic E-state index is -5.79. The molecule has 1 fully saturated rings. The highest BCUT2D eigenvalue weighted by Crippen LogP contribution is 2.36. The van der Waals surface area contributed by atoms with Crippen LogP contribution in [0.5, 0.6) is 5.75 Å². The van der Waals surface area contributed by atoms with E-state index in [1.807, 2.05) is 7.05 Å². The number of piperidine rings is 1. The number of hydrogen-bond acceptors (Lipinski definition) is 5. The van der Waals surface area contributed by atoms with Crippen LogP contribution in [0.25, 0.3) is 0 Å². The van der Waals surface area contributed by atoms with Crippen LogP contribution in [-0.4, -0.2) is 65.7 Å². The average Bonchev–Trinajstić information content (AvgIpc) is 3.18. The van der Waals surface area contributed by atoms with Gasteiger partial charge in [0.25, 0.3) is 0 Å². The van der Waals surface area contributed by atoms with E-state index in [0.717, 1.165) is 32.0 Å². The number of carbonyl (C=O) groups is 1. The highest BCUT2D eigenvalue weighted by molar-refractivity contribution is 5.74. The predicted molar refractivity (Wildman–Crippen MR) is 112 cm³/mol. The molecule has 1 aliphatic heterocycles. The topological polar surface area (TPSA) is 70.8 Å². The van der Waals surface area contributed by atoms with Crippen molar-refractivity contribution >= 4 is 6.03 Å². The second-order valence-electron chi connectivity index (χ2n) is 8.49. The second-order valence-corrected chi connectivity index (χ2v) is 8.49. The number of hydrogen-bond donors (Lipinski definition) is 1. The number of rotatable bonds is 8. The Morgan fingerprint density at radius 3 is 2.49 bits per heavy atom. The van der Waals surface area contributed by atoms with Crippen molar-refractivity contribution in [3.05, 3.63) is 47.4 Å². The van der Waals surface area contributed by atoms with E-state index >= 15 is 0 Å². The Labute approximate surface area is 198 Å². The maximum Gasteiger partial charge on any atom is 0.456 e. The summed E-state index contributed by atoms with van der Waals surface area (Å²) in [5.41, 5.74) is 0.453. The van der Waals surface area contributed by atoms with Gasteiger partial charge in [-0.25, -0.2) is 14.2 Å². The van der Waals surface area contributed by atoms with Crippen molar-refractivity contribution in [2.45, 2.75) is 51.0 Å². The molecule has 2 heterocycles. The van der Waals surface area contributed by atoms with Crippen molar-refractivity contribution in [3.8, 4) is 5.75 Å². The first kappa shape index (κ1) is 26.6. The van der Waals surface area contributed by atoms with Crippen LogP contribution in [0, 0.1) is 12.7 Å². The maximum atomic E-state index is 14.7. The van der Waals surface area contributed by atoms with Gasteiger partial charge in [-0.3, -0.25) is 0 Å². The van der Waals surface area contributed by atoms with E-state index in [1.165, 1.54) is 17.2 Å². The lowest BCUT2D eigenvalue weighted by atomic mass is 10.1. The molecule has 1 aromatic carbocycles. The van der Waals surface area contributed by atoms with Crippen molar-refractivity contribution < 1.29 is 40.3 Å².